The molecule has 0 radical (unpaired) electrons. The smallest absolute Gasteiger partial charge is 0.287 e. The van der Waals surface area contributed by atoms with E-state index >= 15 is 0 Å². The molecular formula is C16H15NO3S. The van der Waals surface area contributed by atoms with Crippen LogP contribution in [0.1, 0.15) is 28.0 Å². The molecule has 0 saturated carbocycles. The van der Waals surface area contributed by atoms with E-state index in [0.717, 1.165) is 10.3 Å². The Balaban J connectivity index is 1.56. The first kappa shape index (κ1) is 13.9. The Morgan fingerprint density at radius 3 is 2.90 bits per heavy atom. The second-order valence-corrected chi connectivity index (χ2v) is 5.70. The fraction of sp³-hybridized carbons (Fsp3) is 0.188. The van der Waals surface area contributed by atoms with E-state index in [4.69, 9.17) is 4.42 Å². The monoisotopic (exact) mass is 301 g/mol. The predicted molar refractivity (Wildman–Crippen MR) is 82.4 cm³/mol. The van der Waals surface area contributed by atoms with Crippen LogP contribution in [-0.2, 0) is 0 Å². The van der Waals surface area contributed by atoms with Gasteiger partial charge in [-0.3, -0.25) is 4.79 Å². The number of carbonyl (C=O) groups is 1. The summed E-state index contributed by atoms with van der Waals surface area (Å²) in [5.41, 5.74) is 0.696. The van der Waals surface area contributed by atoms with E-state index in [2.05, 4.69) is 5.32 Å². The van der Waals surface area contributed by atoms with Crippen LogP contribution in [-0.4, -0.2) is 17.6 Å². The molecule has 21 heavy (non-hydrogen) atoms. The van der Waals surface area contributed by atoms with Gasteiger partial charge < -0.3 is 14.8 Å². The largest absolute Gasteiger partial charge is 0.451 e. The lowest BCUT2D eigenvalue weighted by molar-refractivity contribution is 0.0918. The summed E-state index contributed by atoms with van der Waals surface area (Å²) in [7, 11) is 0. The van der Waals surface area contributed by atoms with Crippen molar-refractivity contribution in [2.75, 3.05) is 6.54 Å². The molecule has 2 N–H and O–H groups in total. The van der Waals surface area contributed by atoms with Gasteiger partial charge in [-0.15, -0.1) is 11.3 Å². The molecule has 1 aromatic carbocycles. The summed E-state index contributed by atoms with van der Waals surface area (Å²) in [6, 6.07) is 13.0. The van der Waals surface area contributed by atoms with Crippen LogP contribution in [0.2, 0.25) is 0 Å². The molecule has 0 bridgehead atoms. The Morgan fingerprint density at radius 1 is 1.29 bits per heavy atom. The fourth-order valence-corrected chi connectivity index (χ4v) is 2.87. The van der Waals surface area contributed by atoms with Crippen molar-refractivity contribution in [1.29, 1.82) is 0 Å². The Morgan fingerprint density at radius 2 is 2.14 bits per heavy atom. The number of amides is 1. The van der Waals surface area contributed by atoms with E-state index in [9.17, 15) is 9.90 Å². The number of benzene rings is 1. The second kappa shape index (κ2) is 6.11. The Kier molecular flexibility index (Phi) is 4.03. The first-order valence-electron chi connectivity index (χ1n) is 6.72. The number of nitrogens with one attached hydrogen (secondary N) is 1. The van der Waals surface area contributed by atoms with E-state index in [1.54, 1.807) is 6.07 Å². The minimum absolute atomic E-state index is 0.260. The molecule has 0 saturated heterocycles. The molecule has 0 unspecified atom stereocenters. The molecule has 0 aliphatic rings. The molecule has 4 nitrogen and oxygen atoms in total. The van der Waals surface area contributed by atoms with Crippen molar-refractivity contribution in [3.8, 4) is 0 Å². The summed E-state index contributed by atoms with van der Waals surface area (Å²) < 4.78 is 5.49. The highest BCUT2D eigenvalue weighted by Gasteiger charge is 2.13. The van der Waals surface area contributed by atoms with Crippen LogP contribution >= 0.6 is 11.3 Å². The molecular weight excluding hydrogens is 286 g/mol. The number of rotatable bonds is 5. The van der Waals surface area contributed by atoms with Crippen molar-refractivity contribution in [2.24, 2.45) is 0 Å². The third-order valence-corrected chi connectivity index (χ3v) is 4.20. The Hall–Kier alpha value is -2.11. The van der Waals surface area contributed by atoms with Gasteiger partial charge in [0.2, 0.25) is 0 Å². The summed E-state index contributed by atoms with van der Waals surface area (Å²) in [5.74, 6) is 0.0337. The molecule has 1 atom stereocenters. The van der Waals surface area contributed by atoms with Gasteiger partial charge >= 0.3 is 0 Å². The average Bonchev–Trinajstić information content (AvgIpc) is 3.16. The molecule has 0 spiro atoms. The molecule has 3 rings (SSSR count). The van der Waals surface area contributed by atoms with Crippen molar-refractivity contribution < 1.29 is 14.3 Å². The first-order chi connectivity index (χ1) is 10.2. The summed E-state index contributed by atoms with van der Waals surface area (Å²) in [6.07, 6.45) is -0.0621. The van der Waals surface area contributed by atoms with E-state index in [1.165, 1.54) is 11.3 Å². The maximum Gasteiger partial charge on any atom is 0.287 e. The number of hydrogen-bond acceptors (Lipinski definition) is 4. The maximum atomic E-state index is 12.0. The predicted octanol–water partition coefficient (Wildman–Crippen LogP) is 3.35. The van der Waals surface area contributed by atoms with Gasteiger partial charge in [0.05, 0.1) is 6.10 Å². The molecule has 0 aliphatic heterocycles. The van der Waals surface area contributed by atoms with Gasteiger partial charge in [0.1, 0.15) is 5.58 Å². The van der Waals surface area contributed by atoms with Crippen LogP contribution in [0.4, 0.5) is 0 Å². The van der Waals surface area contributed by atoms with Crippen molar-refractivity contribution in [3.05, 3.63) is 58.5 Å². The minimum Gasteiger partial charge on any atom is -0.451 e. The van der Waals surface area contributed by atoms with Crippen LogP contribution in [0.5, 0.6) is 0 Å². The van der Waals surface area contributed by atoms with Crippen molar-refractivity contribution in [3.63, 3.8) is 0 Å². The molecule has 2 heterocycles. The highest BCUT2D eigenvalue weighted by molar-refractivity contribution is 7.10. The number of furan rings is 1. The zero-order chi connectivity index (χ0) is 14.7. The van der Waals surface area contributed by atoms with Crippen LogP contribution < -0.4 is 5.32 Å². The van der Waals surface area contributed by atoms with Crippen LogP contribution in [0.15, 0.2) is 52.3 Å². The lowest BCUT2D eigenvalue weighted by Crippen LogP contribution is -2.25. The van der Waals surface area contributed by atoms with Crippen LogP contribution in [0, 0.1) is 0 Å². The number of thiophene rings is 1. The summed E-state index contributed by atoms with van der Waals surface area (Å²) in [4.78, 5) is 12.9. The Labute approximate surface area is 126 Å². The molecule has 1 amide bonds. The van der Waals surface area contributed by atoms with Gasteiger partial charge in [0, 0.05) is 16.8 Å². The molecule has 108 valence electrons. The zero-order valence-corrected chi connectivity index (χ0v) is 12.1. The van der Waals surface area contributed by atoms with Gasteiger partial charge in [0.25, 0.3) is 5.91 Å². The van der Waals surface area contributed by atoms with Gasteiger partial charge in [0.15, 0.2) is 5.76 Å². The van der Waals surface area contributed by atoms with Crippen molar-refractivity contribution >= 4 is 28.2 Å². The number of aliphatic hydroxyl groups is 1. The summed E-state index contributed by atoms with van der Waals surface area (Å²) >= 11 is 1.51. The normalized spacial score (nSPS) is 12.4. The summed E-state index contributed by atoms with van der Waals surface area (Å²) in [5, 5.41) is 15.5. The Bertz CT molecular complexity index is 700. The molecule has 5 heteroatoms. The second-order valence-electron chi connectivity index (χ2n) is 4.72. The average molecular weight is 301 g/mol. The van der Waals surface area contributed by atoms with Gasteiger partial charge in [-0.25, -0.2) is 0 Å². The van der Waals surface area contributed by atoms with Crippen LogP contribution in [0.3, 0.4) is 0 Å². The SMILES string of the molecule is O=C(NCC[C@@H](O)c1cccs1)c1cc2ccccc2o1. The molecule has 0 aliphatic carbocycles. The maximum absolute atomic E-state index is 12.0. The molecule has 0 fully saturated rings. The third kappa shape index (κ3) is 3.15. The van der Waals surface area contributed by atoms with E-state index < -0.39 is 6.10 Å². The lowest BCUT2D eigenvalue weighted by atomic mass is 10.2. The quantitative estimate of drug-likeness (QED) is 0.759. The third-order valence-electron chi connectivity index (χ3n) is 3.22. The van der Waals surface area contributed by atoms with Crippen molar-refractivity contribution in [1.82, 2.24) is 5.32 Å². The summed E-state index contributed by atoms with van der Waals surface area (Å²) in [6.45, 7) is 0.398. The van der Waals surface area contributed by atoms with Gasteiger partial charge in [-0.1, -0.05) is 24.3 Å². The number of carbonyl (C=O) groups excluding carboxylic acids is 1. The van der Waals surface area contributed by atoms with E-state index in [-0.39, 0.29) is 5.91 Å². The van der Waals surface area contributed by atoms with E-state index in [1.807, 2.05) is 41.8 Å². The number of hydrogen-bond donors (Lipinski definition) is 2. The van der Waals surface area contributed by atoms with Gasteiger partial charge in [-0.2, -0.15) is 0 Å². The molecule has 2 aromatic heterocycles. The lowest BCUT2D eigenvalue weighted by Gasteiger charge is -2.08. The van der Waals surface area contributed by atoms with Crippen molar-refractivity contribution in [2.45, 2.75) is 12.5 Å². The van der Waals surface area contributed by atoms with Crippen LogP contribution in [0.25, 0.3) is 11.0 Å². The highest BCUT2D eigenvalue weighted by Crippen LogP contribution is 2.21. The number of aliphatic hydroxyl groups excluding tert-OH is 1. The number of para-hydroxylation sites is 1. The molecule has 3 aromatic rings. The zero-order valence-electron chi connectivity index (χ0n) is 11.3. The number of fused-ring (bicyclic) bond motifs is 1. The minimum atomic E-state index is -0.541. The van der Waals surface area contributed by atoms with Gasteiger partial charge in [-0.05, 0) is 30.0 Å². The van der Waals surface area contributed by atoms with E-state index in [0.29, 0.717) is 24.3 Å². The first-order valence-corrected chi connectivity index (χ1v) is 7.60. The standard InChI is InChI=1S/C16H15NO3S/c18-12(15-6-3-9-21-15)7-8-17-16(19)14-10-11-4-1-2-5-13(11)20-14/h1-6,9-10,12,18H,7-8H2,(H,17,19)/t12-/m1/s1. The topological polar surface area (TPSA) is 62.5 Å². The highest BCUT2D eigenvalue weighted by atomic mass is 32.1. The fourth-order valence-electron chi connectivity index (χ4n) is 2.13.